The fourth-order valence-electron chi connectivity index (χ4n) is 3.03. The first-order chi connectivity index (χ1) is 13.2. The van der Waals surface area contributed by atoms with Crippen molar-refractivity contribution in [1.29, 1.82) is 0 Å². The molecule has 0 amide bonds. The summed E-state index contributed by atoms with van der Waals surface area (Å²) in [4.78, 5) is 23.9. The fourth-order valence-corrected chi connectivity index (χ4v) is 3.03. The van der Waals surface area contributed by atoms with Crippen LogP contribution in [0.15, 0.2) is 36.9 Å². The second kappa shape index (κ2) is 7.02. The van der Waals surface area contributed by atoms with Gasteiger partial charge in [-0.25, -0.2) is 28.5 Å². The van der Waals surface area contributed by atoms with E-state index in [0.717, 1.165) is 29.8 Å². The summed E-state index contributed by atoms with van der Waals surface area (Å²) < 4.78 is 17.1. The molecule has 0 atom stereocenters. The maximum atomic E-state index is 14.1. The molecule has 0 spiro atoms. The second-order valence-electron chi connectivity index (χ2n) is 6.00. The number of fused-ring (bicyclic) bond motifs is 1. The molecule has 27 heavy (non-hydrogen) atoms. The minimum Gasteiger partial charge on any atom is -0.294 e. The zero-order valence-electron chi connectivity index (χ0n) is 14.6. The molecule has 4 heterocycles. The van der Waals surface area contributed by atoms with Crippen molar-refractivity contribution in [3.8, 4) is 5.82 Å². The average molecular weight is 365 g/mol. The van der Waals surface area contributed by atoms with E-state index in [2.05, 4.69) is 32.1 Å². The predicted octanol–water partition coefficient (Wildman–Crippen LogP) is 2.20. The van der Waals surface area contributed by atoms with E-state index < -0.39 is 5.82 Å². The molecule has 4 aromatic rings. The van der Waals surface area contributed by atoms with E-state index in [-0.39, 0.29) is 11.6 Å². The van der Waals surface area contributed by atoms with E-state index >= 15 is 0 Å². The minimum atomic E-state index is -0.451. The van der Waals surface area contributed by atoms with E-state index in [1.165, 1.54) is 33.9 Å². The van der Waals surface area contributed by atoms with Gasteiger partial charge in [-0.3, -0.25) is 4.79 Å². The van der Waals surface area contributed by atoms with Crippen LogP contribution in [0.4, 0.5) is 4.39 Å². The fraction of sp³-hybridized carbons (Fsp3) is 0.222. The Morgan fingerprint density at radius 1 is 1.22 bits per heavy atom. The van der Waals surface area contributed by atoms with Crippen LogP contribution in [0.25, 0.3) is 11.5 Å². The molecule has 0 radical (unpaired) electrons. The van der Waals surface area contributed by atoms with Gasteiger partial charge in [-0.2, -0.15) is 5.10 Å². The van der Waals surface area contributed by atoms with Gasteiger partial charge in [0.25, 0.3) is 0 Å². The Morgan fingerprint density at radius 3 is 2.89 bits per heavy atom. The van der Waals surface area contributed by atoms with Crippen LogP contribution in [0, 0.1) is 5.82 Å². The van der Waals surface area contributed by atoms with Crippen molar-refractivity contribution in [3.63, 3.8) is 0 Å². The first-order valence-electron chi connectivity index (χ1n) is 8.53. The second-order valence-corrected chi connectivity index (χ2v) is 6.00. The molecular weight excluding hydrogens is 349 g/mol. The first-order valence-corrected chi connectivity index (χ1v) is 8.53. The van der Waals surface area contributed by atoms with Crippen LogP contribution in [-0.2, 0) is 12.8 Å². The third-order valence-electron chi connectivity index (χ3n) is 4.20. The minimum absolute atomic E-state index is 0.118. The van der Waals surface area contributed by atoms with Crippen molar-refractivity contribution in [2.45, 2.75) is 26.2 Å². The lowest BCUT2D eigenvalue weighted by atomic mass is 10.1. The summed E-state index contributed by atoms with van der Waals surface area (Å²) in [5.74, 6) is -0.194. The van der Waals surface area contributed by atoms with Crippen LogP contribution in [0.1, 0.15) is 40.9 Å². The lowest BCUT2D eigenvalue weighted by Gasteiger charge is -2.11. The number of aldehydes is 1. The van der Waals surface area contributed by atoms with E-state index in [1.54, 1.807) is 12.3 Å². The molecule has 9 heteroatoms. The number of hydrogen-bond donors (Lipinski definition) is 0. The van der Waals surface area contributed by atoms with Gasteiger partial charge in [0.15, 0.2) is 23.6 Å². The van der Waals surface area contributed by atoms with Crippen molar-refractivity contribution in [2.75, 3.05) is 0 Å². The number of halogens is 1. The maximum Gasteiger partial charge on any atom is 0.215 e. The highest BCUT2D eigenvalue weighted by molar-refractivity contribution is 5.70. The van der Waals surface area contributed by atoms with Gasteiger partial charge in [0, 0.05) is 24.4 Å². The smallest absolute Gasteiger partial charge is 0.215 e. The van der Waals surface area contributed by atoms with Crippen LogP contribution in [0.5, 0.6) is 0 Å². The number of aromatic nitrogens is 7. The summed E-state index contributed by atoms with van der Waals surface area (Å²) in [7, 11) is 0. The van der Waals surface area contributed by atoms with Gasteiger partial charge in [-0.15, -0.1) is 5.10 Å². The number of nitrogens with zero attached hydrogens (tertiary/aromatic N) is 7. The van der Waals surface area contributed by atoms with Crippen molar-refractivity contribution < 1.29 is 9.18 Å². The van der Waals surface area contributed by atoms with Crippen LogP contribution >= 0.6 is 0 Å². The van der Waals surface area contributed by atoms with Gasteiger partial charge in [0.2, 0.25) is 5.82 Å². The molecule has 4 rings (SSSR count). The highest BCUT2D eigenvalue weighted by atomic mass is 19.1. The summed E-state index contributed by atoms with van der Waals surface area (Å²) in [5.41, 5.74) is 3.05. The van der Waals surface area contributed by atoms with E-state index in [9.17, 15) is 9.18 Å². The monoisotopic (exact) mass is 365 g/mol. The number of carbonyl (C=O) groups is 1. The zero-order chi connectivity index (χ0) is 18.8. The lowest BCUT2D eigenvalue weighted by Crippen LogP contribution is -2.10. The standard InChI is InChI=1S/C18H16FN7O/c1-2-4-13-15(21-11-25-17(13)23-16(10-27)24-25)9-12-6-8-22-26(12)18-14(19)5-3-7-20-18/h3,5-8,10-11H,2,4,9H2,1H3. The normalized spacial score (nSPS) is 11.2. The molecule has 0 N–H and O–H groups in total. The van der Waals surface area contributed by atoms with Crippen molar-refractivity contribution in [1.82, 2.24) is 34.3 Å². The summed E-state index contributed by atoms with van der Waals surface area (Å²) in [6, 6.07) is 4.68. The van der Waals surface area contributed by atoms with E-state index in [1.807, 2.05) is 0 Å². The summed E-state index contributed by atoms with van der Waals surface area (Å²) in [6.07, 6.45) is 7.30. The van der Waals surface area contributed by atoms with Crippen molar-refractivity contribution >= 4 is 11.9 Å². The number of hydrogen-bond acceptors (Lipinski definition) is 6. The third kappa shape index (κ3) is 3.07. The Bertz CT molecular complexity index is 1120. The van der Waals surface area contributed by atoms with Gasteiger partial charge >= 0.3 is 0 Å². The molecule has 0 bridgehead atoms. The van der Waals surface area contributed by atoms with Gasteiger partial charge in [0.1, 0.15) is 6.33 Å². The Balaban J connectivity index is 1.79. The highest BCUT2D eigenvalue weighted by Gasteiger charge is 2.17. The zero-order valence-corrected chi connectivity index (χ0v) is 14.6. The largest absolute Gasteiger partial charge is 0.294 e. The molecule has 136 valence electrons. The van der Waals surface area contributed by atoms with E-state index in [0.29, 0.717) is 18.4 Å². The molecule has 0 fully saturated rings. The molecule has 8 nitrogen and oxygen atoms in total. The van der Waals surface area contributed by atoms with Crippen LogP contribution in [0.3, 0.4) is 0 Å². The number of rotatable bonds is 6. The Kier molecular flexibility index (Phi) is 4.41. The van der Waals surface area contributed by atoms with Gasteiger partial charge in [-0.1, -0.05) is 13.3 Å². The van der Waals surface area contributed by atoms with Gasteiger partial charge < -0.3 is 0 Å². The van der Waals surface area contributed by atoms with Gasteiger partial charge in [-0.05, 0) is 24.6 Å². The molecule has 0 unspecified atom stereocenters. The number of aryl methyl sites for hydroxylation is 1. The van der Waals surface area contributed by atoms with Gasteiger partial charge in [0.05, 0.1) is 11.4 Å². The molecule has 0 aliphatic heterocycles. The highest BCUT2D eigenvalue weighted by Crippen LogP contribution is 2.20. The maximum absolute atomic E-state index is 14.1. The summed E-state index contributed by atoms with van der Waals surface area (Å²) >= 11 is 0. The molecule has 4 aromatic heterocycles. The third-order valence-corrected chi connectivity index (χ3v) is 4.20. The Hall–Kier alpha value is -3.49. The number of carbonyl (C=O) groups excluding carboxylic acids is 1. The Morgan fingerprint density at radius 2 is 2.11 bits per heavy atom. The summed E-state index contributed by atoms with van der Waals surface area (Å²) in [5, 5.41) is 8.29. The van der Waals surface area contributed by atoms with Crippen LogP contribution in [0.2, 0.25) is 0 Å². The molecule has 0 aromatic carbocycles. The Labute approximate surface area is 153 Å². The first kappa shape index (κ1) is 17.0. The SMILES string of the molecule is CCCc1c(Cc2ccnn2-c2ncccc2F)ncn2nc(C=O)nc12. The van der Waals surface area contributed by atoms with E-state index in [4.69, 9.17) is 0 Å². The molecule has 0 saturated carbocycles. The van der Waals surface area contributed by atoms with Crippen LogP contribution < -0.4 is 0 Å². The average Bonchev–Trinajstić information content (AvgIpc) is 3.31. The lowest BCUT2D eigenvalue weighted by molar-refractivity contribution is 0.111. The van der Waals surface area contributed by atoms with Crippen LogP contribution in [-0.4, -0.2) is 40.6 Å². The quantitative estimate of drug-likeness (QED) is 0.487. The predicted molar refractivity (Wildman–Crippen MR) is 94.3 cm³/mol. The summed E-state index contributed by atoms with van der Waals surface area (Å²) in [6.45, 7) is 2.05. The topological polar surface area (TPSA) is 90.9 Å². The molecule has 0 aliphatic carbocycles. The molecule has 0 aliphatic rings. The molecular formula is C18H16FN7O. The number of pyridine rings is 1. The van der Waals surface area contributed by atoms with Crippen molar-refractivity contribution in [3.05, 3.63) is 65.5 Å². The van der Waals surface area contributed by atoms with Crippen molar-refractivity contribution in [2.24, 2.45) is 0 Å². The molecule has 0 saturated heterocycles.